The summed E-state index contributed by atoms with van der Waals surface area (Å²) in [6.45, 7) is 26.9. The second-order valence-electron chi connectivity index (χ2n) is 19.3. The molecular formula is C54H70N5P2Si2Y. The number of aryl methyl sites for hydroxylation is 6. The van der Waals surface area contributed by atoms with Crippen LogP contribution in [0.4, 0.5) is 11.4 Å². The Hall–Kier alpha value is -2.80. The number of rotatable bonds is 12. The third-order valence-electron chi connectivity index (χ3n) is 11.2. The van der Waals surface area contributed by atoms with E-state index in [1.54, 1.807) is 0 Å². The minimum Gasteiger partial charge on any atom is -0.668 e. The summed E-state index contributed by atoms with van der Waals surface area (Å²) < 4.78 is 16.6. The van der Waals surface area contributed by atoms with Crippen LogP contribution in [-0.2, 0) is 32.7 Å². The molecule has 332 valence electrons. The molecule has 0 radical (unpaired) electrons. The van der Waals surface area contributed by atoms with E-state index in [4.69, 9.17) is 24.3 Å². The molecule has 0 bridgehead atoms. The van der Waals surface area contributed by atoms with E-state index < -0.39 is 30.9 Å². The monoisotopic (exact) mass is 995 g/mol. The van der Waals surface area contributed by atoms with E-state index in [0.29, 0.717) is 0 Å². The summed E-state index contributed by atoms with van der Waals surface area (Å²) >= 11 is 0. The SMILES string of the molecule is C[Si](C)(C)[N-][Si](C)(C)C.Cc1cc(C)c(N=P([N-][C@@H]2CCCC[C@H]2[N-]P(=Nc2c(C)cc(C)cc2C)(c2ccccc2)c2ccccc2)(c2ccccc2)c2ccccc2)c(C)c1.[Y+3]. The third kappa shape index (κ3) is 13.4. The Labute approximate surface area is 414 Å². The van der Waals surface area contributed by atoms with E-state index in [9.17, 15) is 0 Å². The van der Waals surface area contributed by atoms with Crippen LogP contribution in [0.5, 0.6) is 0 Å². The van der Waals surface area contributed by atoms with Crippen molar-refractivity contribution in [3.05, 3.63) is 194 Å². The van der Waals surface area contributed by atoms with Gasteiger partial charge >= 0.3 is 32.7 Å². The molecule has 0 amide bonds. The van der Waals surface area contributed by atoms with Crippen molar-refractivity contribution in [3.8, 4) is 0 Å². The van der Waals surface area contributed by atoms with Crippen LogP contribution in [0.15, 0.2) is 155 Å². The molecule has 1 aliphatic carbocycles. The van der Waals surface area contributed by atoms with Gasteiger partial charge in [0.2, 0.25) is 0 Å². The standard InChI is InChI=1S/C48H52N4P2.C6H18NSi2.Y/c1-35-31-37(3)47(38(4)32-35)51-53(41-21-11-7-12-22-41,42-23-13-8-14-24-42)49-45-29-19-20-30-46(45)50-54(43-25-15-9-16-26-43,44-27-17-10-18-28-44)52-48-39(5)33-36(2)34-40(48)6;1-8(2,3)7-9(4,5)6;/h7-18,21-28,31-34,45-46H,19-20,29-30H2,1-6H3;1-6H3;/q-2;-1;+3/t45-,46-;;/m1../s1. The topological polar surface area (TPSA) is 67.0 Å². The first kappa shape index (κ1) is 52.2. The summed E-state index contributed by atoms with van der Waals surface area (Å²) in [6.07, 6.45) is 4.15. The Morgan fingerprint density at radius 1 is 0.422 bits per heavy atom. The van der Waals surface area contributed by atoms with Gasteiger partial charge in [0.1, 0.15) is 0 Å². The maximum Gasteiger partial charge on any atom is 3.00 e. The molecule has 5 nitrogen and oxygen atoms in total. The van der Waals surface area contributed by atoms with Crippen LogP contribution in [0.1, 0.15) is 59.1 Å². The summed E-state index contributed by atoms with van der Waals surface area (Å²) in [5.41, 5.74) is 9.33. The van der Waals surface area contributed by atoms with Crippen molar-refractivity contribution in [2.45, 2.75) is 119 Å². The fourth-order valence-electron chi connectivity index (χ4n) is 9.14. The average Bonchev–Trinajstić information content (AvgIpc) is 3.23. The van der Waals surface area contributed by atoms with Crippen molar-refractivity contribution in [3.63, 3.8) is 0 Å². The summed E-state index contributed by atoms with van der Waals surface area (Å²) in [5, 5.41) is 17.0. The van der Waals surface area contributed by atoms with Crippen molar-refractivity contribution in [1.82, 2.24) is 0 Å². The molecule has 1 fully saturated rings. The number of hydrogen-bond donors (Lipinski definition) is 0. The summed E-state index contributed by atoms with van der Waals surface area (Å²) in [6, 6.07) is 52.4. The van der Waals surface area contributed by atoms with Gasteiger partial charge in [0, 0.05) is 0 Å². The second-order valence-corrected chi connectivity index (χ2v) is 34.3. The minimum absolute atomic E-state index is 0. The minimum atomic E-state index is -2.72. The quantitative estimate of drug-likeness (QED) is 0.0866. The molecular weight excluding hydrogens is 926 g/mol. The van der Waals surface area contributed by atoms with Gasteiger partial charge in [-0.2, -0.15) is 0 Å². The first-order valence-electron chi connectivity index (χ1n) is 22.7. The Bertz CT molecular complexity index is 2250. The third-order valence-corrected chi connectivity index (χ3v) is 22.9. The van der Waals surface area contributed by atoms with Gasteiger partial charge in [-0.15, -0.1) is 12.1 Å². The molecule has 0 aromatic heterocycles. The molecule has 1 saturated carbocycles. The summed E-state index contributed by atoms with van der Waals surface area (Å²) in [5.74, 6) is 0. The molecule has 6 aromatic rings. The Morgan fingerprint density at radius 3 is 0.891 bits per heavy atom. The van der Waals surface area contributed by atoms with Gasteiger partial charge in [0.15, 0.2) is 0 Å². The van der Waals surface area contributed by atoms with E-state index >= 15 is 0 Å². The summed E-state index contributed by atoms with van der Waals surface area (Å²) in [4.78, 5) is 0. The number of hydrogen-bond acceptors (Lipinski definition) is 2. The molecule has 0 unspecified atom stereocenters. The van der Waals surface area contributed by atoms with Crippen LogP contribution in [0.3, 0.4) is 0 Å². The fraction of sp³-hybridized carbons (Fsp3) is 0.333. The predicted molar refractivity (Wildman–Crippen MR) is 286 cm³/mol. The zero-order valence-electron chi connectivity index (χ0n) is 40.5. The predicted octanol–water partition coefficient (Wildman–Crippen LogP) is 16.1. The van der Waals surface area contributed by atoms with Crippen LogP contribution in [0.2, 0.25) is 39.3 Å². The van der Waals surface area contributed by atoms with Crippen LogP contribution in [-0.4, -0.2) is 28.6 Å². The van der Waals surface area contributed by atoms with E-state index in [-0.39, 0.29) is 44.8 Å². The van der Waals surface area contributed by atoms with Gasteiger partial charge in [-0.3, -0.25) is 9.49 Å². The van der Waals surface area contributed by atoms with Crippen molar-refractivity contribution >= 4 is 63.5 Å². The Balaban J connectivity index is 0.000000696. The van der Waals surface area contributed by atoms with Gasteiger partial charge in [-0.05, 0) is 85.0 Å². The molecule has 2 atom stereocenters. The van der Waals surface area contributed by atoms with Gasteiger partial charge < -0.3 is 14.8 Å². The molecule has 10 heteroatoms. The normalized spacial score (nSPS) is 15.6. The summed E-state index contributed by atoms with van der Waals surface area (Å²) in [7, 11) is -7.66. The first-order valence-corrected chi connectivity index (χ1v) is 33.0. The van der Waals surface area contributed by atoms with Crippen LogP contribution >= 0.6 is 14.4 Å². The maximum absolute atomic E-state index is 6.14. The largest absolute Gasteiger partial charge is 3.00 e. The fourth-order valence-corrected chi connectivity index (χ4v) is 23.8. The van der Waals surface area contributed by atoms with Gasteiger partial charge in [-0.25, -0.2) is 0 Å². The molecule has 0 N–H and O–H groups in total. The molecule has 0 saturated heterocycles. The van der Waals surface area contributed by atoms with Crippen molar-refractivity contribution in [2.75, 3.05) is 0 Å². The molecule has 64 heavy (non-hydrogen) atoms. The smallest absolute Gasteiger partial charge is 0.668 e. The van der Waals surface area contributed by atoms with E-state index in [1.165, 1.54) is 54.6 Å². The Kier molecular flexibility index (Phi) is 18.6. The zero-order chi connectivity index (χ0) is 45.4. The van der Waals surface area contributed by atoms with Gasteiger partial charge in [0.05, 0.1) is 11.4 Å². The van der Waals surface area contributed by atoms with Gasteiger partial charge in [0.25, 0.3) is 0 Å². The van der Waals surface area contributed by atoms with E-state index in [2.05, 4.69) is 226 Å². The average molecular weight is 996 g/mol. The molecule has 0 aliphatic heterocycles. The molecule has 0 spiro atoms. The Morgan fingerprint density at radius 2 is 0.672 bits per heavy atom. The maximum atomic E-state index is 6.14. The number of benzene rings is 6. The zero-order valence-corrected chi connectivity index (χ0v) is 47.2. The molecule has 0 heterocycles. The second kappa shape index (κ2) is 22.8. The van der Waals surface area contributed by atoms with Crippen molar-refractivity contribution < 1.29 is 32.7 Å². The van der Waals surface area contributed by atoms with Crippen molar-refractivity contribution in [1.29, 1.82) is 0 Å². The number of nitrogens with zero attached hydrogens (tertiary/aromatic N) is 5. The van der Waals surface area contributed by atoms with Crippen LogP contribution in [0.25, 0.3) is 14.8 Å². The van der Waals surface area contributed by atoms with Crippen molar-refractivity contribution in [2.24, 2.45) is 9.49 Å². The van der Waals surface area contributed by atoms with Crippen LogP contribution in [0, 0.1) is 41.5 Å². The van der Waals surface area contributed by atoms with E-state index in [0.717, 1.165) is 37.1 Å². The van der Waals surface area contributed by atoms with Crippen LogP contribution < -0.4 is 21.2 Å². The van der Waals surface area contributed by atoms with Gasteiger partial charge in [-0.1, -0.05) is 253 Å². The molecule has 1 aliphatic rings. The molecule has 6 aromatic carbocycles. The van der Waals surface area contributed by atoms with E-state index in [1.807, 2.05) is 0 Å². The molecule has 7 rings (SSSR count). The first-order chi connectivity index (χ1) is 29.9.